The van der Waals surface area contributed by atoms with E-state index in [-0.39, 0.29) is 12.4 Å². The lowest BCUT2D eigenvalue weighted by Gasteiger charge is -2.17. The minimum absolute atomic E-state index is 0.213. The van der Waals surface area contributed by atoms with Crippen LogP contribution in [-0.2, 0) is 15.6 Å². The summed E-state index contributed by atoms with van der Waals surface area (Å²) < 4.78 is 10.8. The summed E-state index contributed by atoms with van der Waals surface area (Å²) in [6.07, 6.45) is 1.88. The van der Waals surface area contributed by atoms with E-state index in [0.717, 1.165) is 5.56 Å². The molecule has 0 unspecified atom stereocenters. The molecule has 0 bridgehead atoms. The van der Waals surface area contributed by atoms with Crippen molar-refractivity contribution in [3.63, 3.8) is 0 Å². The van der Waals surface area contributed by atoms with Gasteiger partial charge in [0.05, 0.1) is 11.4 Å². The fourth-order valence-corrected chi connectivity index (χ4v) is 2.48. The molecule has 0 aliphatic heterocycles. The number of benzene rings is 1. The van der Waals surface area contributed by atoms with Crippen molar-refractivity contribution < 1.29 is 14.0 Å². The third-order valence-electron chi connectivity index (χ3n) is 2.12. The average molecular weight is 299 g/mol. The highest BCUT2D eigenvalue weighted by atomic mass is 35.5. The number of hydrogen-bond acceptors (Lipinski definition) is 3. The Morgan fingerprint density at radius 3 is 2.63 bits per heavy atom. The third-order valence-corrected chi connectivity index (χ3v) is 3.26. The lowest BCUT2D eigenvalue weighted by atomic mass is 10.1. The number of hydrogen-bond donors (Lipinski definition) is 0. The number of carbonyl (C=O) groups excluding carboxylic acids is 1. The fourth-order valence-electron chi connectivity index (χ4n) is 1.46. The van der Waals surface area contributed by atoms with Crippen molar-refractivity contribution >= 4 is 25.9 Å². The Kier molecular flexibility index (Phi) is 5.63. The van der Waals surface area contributed by atoms with Gasteiger partial charge in [0.25, 0.3) is 5.97 Å². The molecule has 5 heteroatoms. The summed E-state index contributed by atoms with van der Waals surface area (Å²) in [5.74, 6) is 0.374. The molecule has 19 heavy (non-hydrogen) atoms. The molecule has 3 nitrogen and oxygen atoms in total. The van der Waals surface area contributed by atoms with E-state index in [4.69, 9.17) is 20.8 Å². The van der Waals surface area contributed by atoms with Crippen LogP contribution in [0.5, 0.6) is 5.75 Å². The van der Waals surface area contributed by atoms with Crippen molar-refractivity contribution in [3.05, 3.63) is 41.4 Å². The molecule has 104 valence electrons. The Hall–Kier alpha value is -1.26. The largest absolute Gasteiger partial charge is 0.520 e. The van der Waals surface area contributed by atoms with Gasteiger partial charge in [-0.05, 0) is 37.3 Å². The zero-order valence-corrected chi connectivity index (χ0v) is 13.3. The molecule has 0 aromatic heterocycles. The Bertz CT molecular complexity index is 466. The first-order chi connectivity index (χ1) is 8.81. The molecule has 0 atom stereocenters. The Labute approximate surface area is 120 Å². The topological polar surface area (TPSA) is 35.5 Å². The first-order valence-electron chi connectivity index (χ1n) is 6.06. The molecule has 0 aliphatic rings. The highest BCUT2D eigenvalue weighted by molar-refractivity contribution is 6.71. The number of ether oxygens (including phenoxy) is 1. The second-order valence-electron chi connectivity index (χ2n) is 5.13. The zero-order valence-electron chi connectivity index (χ0n) is 11.5. The van der Waals surface area contributed by atoms with E-state index >= 15 is 0 Å². The predicted octanol–water partition coefficient (Wildman–Crippen LogP) is 3.83. The van der Waals surface area contributed by atoms with Crippen molar-refractivity contribution in [3.8, 4) is 5.75 Å². The average Bonchev–Trinajstić information content (AvgIpc) is 2.25. The standard InChI is InChI=1S/C14H19ClO3Si/c1-5-8-17-13-7-6-11(9-12(13)15)10-14(16)18-19(2,3)4/h5-7,9H,1,8,10H2,2-4H3. The molecule has 1 aromatic rings. The number of halogens is 1. The van der Waals surface area contributed by atoms with Crippen LogP contribution in [0, 0.1) is 0 Å². The maximum absolute atomic E-state index is 11.7. The van der Waals surface area contributed by atoms with Crippen molar-refractivity contribution in [2.75, 3.05) is 6.61 Å². The van der Waals surface area contributed by atoms with Gasteiger partial charge in [0.2, 0.25) is 8.32 Å². The summed E-state index contributed by atoms with van der Waals surface area (Å²) >= 11 is 6.08. The summed E-state index contributed by atoms with van der Waals surface area (Å²) in [7, 11) is -1.83. The van der Waals surface area contributed by atoms with Crippen LogP contribution in [0.2, 0.25) is 24.7 Å². The maximum atomic E-state index is 11.7. The van der Waals surface area contributed by atoms with Crippen LogP contribution in [0.3, 0.4) is 0 Å². The van der Waals surface area contributed by atoms with Gasteiger partial charge in [0.1, 0.15) is 12.4 Å². The van der Waals surface area contributed by atoms with Gasteiger partial charge in [-0.15, -0.1) is 0 Å². The van der Waals surface area contributed by atoms with Crippen molar-refractivity contribution in [2.24, 2.45) is 0 Å². The van der Waals surface area contributed by atoms with Gasteiger partial charge in [-0.1, -0.05) is 30.3 Å². The van der Waals surface area contributed by atoms with Crippen LogP contribution < -0.4 is 4.74 Å². The van der Waals surface area contributed by atoms with Crippen LogP contribution in [0.15, 0.2) is 30.9 Å². The second-order valence-corrected chi connectivity index (χ2v) is 9.96. The van der Waals surface area contributed by atoms with Gasteiger partial charge in [-0.2, -0.15) is 0 Å². The van der Waals surface area contributed by atoms with E-state index in [1.165, 1.54) is 0 Å². The monoisotopic (exact) mass is 298 g/mol. The van der Waals surface area contributed by atoms with E-state index in [1.807, 2.05) is 25.7 Å². The molecule has 0 spiro atoms. The minimum atomic E-state index is -1.83. The predicted molar refractivity (Wildman–Crippen MR) is 80.3 cm³/mol. The molecule has 0 aliphatic carbocycles. The molecule has 0 saturated carbocycles. The van der Waals surface area contributed by atoms with E-state index in [1.54, 1.807) is 18.2 Å². The molecule has 1 rings (SSSR count). The summed E-state index contributed by atoms with van der Waals surface area (Å²) in [6, 6.07) is 5.30. The highest BCUT2D eigenvalue weighted by Gasteiger charge is 2.20. The summed E-state index contributed by atoms with van der Waals surface area (Å²) in [4.78, 5) is 11.7. The fraction of sp³-hybridized carbons (Fsp3) is 0.357. The molecule has 0 N–H and O–H groups in total. The minimum Gasteiger partial charge on any atom is -0.520 e. The first-order valence-corrected chi connectivity index (χ1v) is 9.84. The van der Waals surface area contributed by atoms with Crippen molar-refractivity contribution in [2.45, 2.75) is 26.1 Å². The molecule has 0 saturated heterocycles. The van der Waals surface area contributed by atoms with Crippen LogP contribution in [-0.4, -0.2) is 20.9 Å². The van der Waals surface area contributed by atoms with Gasteiger partial charge in [0, 0.05) is 0 Å². The van der Waals surface area contributed by atoms with E-state index in [2.05, 4.69) is 6.58 Å². The number of carbonyl (C=O) groups is 1. The van der Waals surface area contributed by atoms with E-state index in [0.29, 0.717) is 17.4 Å². The van der Waals surface area contributed by atoms with E-state index < -0.39 is 8.32 Å². The highest BCUT2D eigenvalue weighted by Crippen LogP contribution is 2.25. The summed E-state index contributed by atoms with van der Waals surface area (Å²) in [5.41, 5.74) is 0.819. The molecule has 1 aromatic carbocycles. The molecular weight excluding hydrogens is 280 g/mol. The Morgan fingerprint density at radius 1 is 1.42 bits per heavy atom. The third kappa shape index (κ3) is 5.94. The lowest BCUT2D eigenvalue weighted by Crippen LogP contribution is -2.29. The van der Waals surface area contributed by atoms with Gasteiger partial charge in [-0.25, -0.2) is 0 Å². The normalized spacial score (nSPS) is 10.9. The van der Waals surface area contributed by atoms with Crippen LogP contribution in [0.25, 0.3) is 0 Å². The Balaban J connectivity index is 2.68. The summed E-state index contributed by atoms with van der Waals surface area (Å²) in [5, 5.41) is 0.486. The van der Waals surface area contributed by atoms with Gasteiger partial charge < -0.3 is 9.16 Å². The van der Waals surface area contributed by atoms with E-state index in [9.17, 15) is 4.79 Å². The van der Waals surface area contributed by atoms with Gasteiger partial charge in [-0.3, -0.25) is 4.79 Å². The second kappa shape index (κ2) is 6.77. The molecule has 0 fully saturated rings. The lowest BCUT2D eigenvalue weighted by molar-refractivity contribution is -0.134. The van der Waals surface area contributed by atoms with Crippen LogP contribution >= 0.6 is 11.6 Å². The van der Waals surface area contributed by atoms with Crippen molar-refractivity contribution in [1.29, 1.82) is 0 Å². The zero-order chi connectivity index (χ0) is 14.5. The quantitative estimate of drug-likeness (QED) is 0.591. The first kappa shape index (κ1) is 15.8. The Morgan fingerprint density at radius 2 is 2.11 bits per heavy atom. The molecule has 0 heterocycles. The molecule has 0 radical (unpaired) electrons. The van der Waals surface area contributed by atoms with Crippen molar-refractivity contribution in [1.82, 2.24) is 0 Å². The van der Waals surface area contributed by atoms with Crippen LogP contribution in [0.4, 0.5) is 0 Å². The van der Waals surface area contributed by atoms with Gasteiger partial charge >= 0.3 is 0 Å². The molecular formula is C14H19ClO3Si. The van der Waals surface area contributed by atoms with Crippen LogP contribution in [0.1, 0.15) is 5.56 Å². The van der Waals surface area contributed by atoms with Gasteiger partial charge in [0.15, 0.2) is 0 Å². The SMILES string of the molecule is C=CCOc1ccc(CC(=O)O[Si](C)(C)C)cc1Cl. The smallest absolute Gasteiger partial charge is 0.296 e. The summed E-state index contributed by atoms with van der Waals surface area (Å²) in [6.45, 7) is 9.90. The maximum Gasteiger partial charge on any atom is 0.296 e. The molecule has 0 amide bonds. The number of rotatable bonds is 6.